The SMILES string of the molecule is CCC1=NO[C@H](CN2CCC(Oc3ccc(C)c(C)c3)CC2)C1. The molecule has 1 atom stereocenters. The van der Waals surface area contributed by atoms with Crippen molar-refractivity contribution in [2.45, 2.75) is 58.7 Å². The predicted molar refractivity (Wildman–Crippen MR) is 93.2 cm³/mol. The van der Waals surface area contributed by atoms with E-state index in [4.69, 9.17) is 9.57 Å². The molecule has 23 heavy (non-hydrogen) atoms. The molecule has 0 unspecified atom stereocenters. The Morgan fingerprint density at radius 3 is 2.65 bits per heavy atom. The van der Waals surface area contributed by atoms with Gasteiger partial charge >= 0.3 is 0 Å². The van der Waals surface area contributed by atoms with E-state index in [1.54, 1.807) is 0 Å². The number of piperidine rings is 1. The van der Waals surface area contributed by atoms with Crippen LogP contribution in [0.3, 0.4) is 0 Å². The van der Waals surface area contributed by atoms with Crippen molar-refractivity contribution in [3.8, 4) is 5.75 Å². The summed E-state index contributed by atoms with van der Waals surface area (Å²) >= 11 is 0. The van der Waals surface area contributed by atoms with Crippen LogP contribution in [0.5, 0.6) is 5.75 Å². The molecule has 4 nitrogen and oxygen atoms in total. The number of nitrogens with zero attached hydrogens (tertiary/aromatic N) is 2. The van der Waals surface area contributed by atoms with Crippen LogP contribution in [-0.4, -0.2) is 42.5 Å². The highest BCUT2D eigenvalue weighted by molar-refractivity contribution is 5.85. The van der Waals surface area contributed by atoms with Crippen LogP contribution in [0.2, 0.25) is 0 Å². The normalized spacial score (nSPS) is 22.7. The van der Waals surface area contributed by atoms with E-state index in [1.807, 2.05) is 0 Å². The van der Waals surface area contributed by atoms with Crippen LogP contribution in [0.25, 0.3) is 0 Å². The van der Waals surface area contributed by atoms with Crippen molar-refractivity contribution in [2.75, 3.05) is 19.6 Å². The highest BCUT2D eigenvalue weighted by Gasteiger charge is 2.26. The first-order valence-electron chi connectivity index (χ1n) is 8.82. The van der Waals surface area contributed by atoms with E-state index in [9.17, 15) is 0 Å². The molecule has 126 valence electrons. The van der Waals surface area contributed by atoms with Crippen LogP contribution in [0, 0.1) is 13.8 Å². The van der Waals surface area contributed by atoms with E-state index in [2.05, 4.69) is 49.0 Å². The van der Waals surface area contributed by atoms with Crippen LogP contribution >= 0.6 is 0 Å². The van der Waals surface area contributed by atoms with Crippen molar-refractivity contribution >= 4 is 5.71 Å². The van der Waals surface area contributed by atoms with E-state index in [-0.39, 0.29) is 6.10 Å². The Morgan fingerprint density at radius 1 is 1.22 bits per heavy atom. The third-order valence-corrected chi connectivity index (χ3v) is 4.98. The zero-order valence-corrected chi connectivity index (χ0v) is 14.5. The predicted octanol–water partition coefficient (Wildman–Crippen LogP) is 3.70. The molecule has 2 aliphatic rings. The lowest BCUT2D eigenvalue weighted by atomic mass is 10.1. The highest BCUT2D eigenvalue weighted by Crippen LogP contribution is 2.22. The van der Waals surface area contributed by atoms with Gasteiger partial charge < -0.3 is 9.57 Å². The zero-order valence-electron chi connectivity index (χ0n) is 14.5. The quantitative estimate of drug-likeness (QED) is 0.830. The molecule has 2 aliphatic heterocycles. The van der Waals surface area contributed by atoms with Gasteiger partial charge in [0, 0.05) is 26.1 Å². The van der Waals surface area contributed by atoms with E-state index in [1.165, 1.54) is 16.8 Å². The van der Waals surface area contributed by atoms with E-state index < -0.39 is 0 Å². The van der Waals surface area contributed by atoms with Crippen molar-refractivity contribution in [3.05, 3.63) is 29.3 Å². The monoisotopic (exact) mass is 316 g/mol. The van der Waals surface area contributed by atoms with Crippen LogP contribution in [-0.2, 0) is 4.84 Å². The molecule has 0 aromatic heterocycles. The Hall–Kier alpha value is -1.55. The molecule has 0 N–H and O–H groups in total. The lowest BCUT2D eigenvalue weighted by Crippen LogP contribution is -2.42. The van der Waals surface area contributed by atoms with Gasteiger partial charge in [-0.05, 0) is 56.4 Å². The first-order chi connectivity index (χ1) is 11.1. The van der Waals surface area contributed by atoms with Crippen LogP contribution in [0.4, 0.5) is 0 Å². The van der Waals surface area contributed by atoms with Crippen molar-refractivity contribution in [2.24, 2.45) is 5.16 Å². The molecule has 1 aromatic carbocycles. The lowest BCUT2D eigenvalue weighted by Gasteiger charge is -2.33. The summed E-state index contributed by atoms with van der Waals surface area (Å²) in [5.74, 6) is 1.01. The summed E-state index contributed by atoms with van der Waals surface area (Å²) in [7, 11) is 0. The maximum Gasteiger partial charge on any atom is 0.145 e. The Kier molecular flexibility index (Phi) is 5.21. The second kappa shape index (κ2) is 7.35. The molecule has 0 bridgehead atoms. The average Bonchev–Trinajstić information content (AvgIpc) is 3.00. The van der Waals surface area contributed by atoms with Gasteiger partial charge in [0.1, 0.15) is 18.0 Å². The van der Waals surface area contributed by atoms with E-state index >= 15 is 0 Å². The molecule has 0 saturated carbocycles. The van der Waals surface area contributed by atoms with Crippen LogP contribution in [0.1, 0.15) is 43.7 Å². The Labute approximate surface area is 139 Å². The highest BCUT2D eigenvalue weighted by atomic mass is 16.6. The Balaban J connectivity index is 1.42. The van der Waals surface area contributed by atoms with Crippen LogP contribution < -0.4 is 4.74 Å². The standard InChI is InChI=1S/C19H28N2O2/c1-4-16-12-19(23-20-16)13-21-9-7-17(8-10-21)22-18-6-5-14(2)15(3)11-18/h5-6,11,17,19H,4,7-10,12-13H2,1-3H3/t19-/m0/s1. The van der Waals surface area contributed by atoms with E-state index in [0.717, 1.165) is 51.1 Å². The number of aryl methyl sites for hydroxylation is 2. The largest absolute Gasteiger partial charge is 0.490 e. The van der Waals surface area contributed by atoms with Gasteiger partial charge in [-0.25, -0.2) is 0 Å². The fraction of sp³-hybridized carbons (Fsp3) is 0.632. The summed E-state index contributed by atoms with van der Waals surface area (Å²) in [6, 6.07) is 6.38. The topological polar surface area (TPSA) is 34.1 Å². The Morgan fingerprint density at radius 2 is 2.00 bits per heavy atom. The molecule has 0 amide bonds. The molecule has 0 radical (unpaired) electrons. The van der Waals surface area contributed by atoms with Gasteiger partial charge in [0.15, 0.2) is 0 Å². The smallest absolute Gasteiger partial charge is 0.145 e. The minimum Gasteiger partial charge on any atom is -0.490 e. The van der Waals surface area contributed by atoms with Crippen molar-refractivity contribution in [3.63, 3.8) is 0 Å². The number of ether oxygens (including phenoxy) is 1. The van der Waals surface area contributed by atoms with Gasteiger partial charge in [-0.3, -0.25) is 4.90 Å². The number of likely N-dealkylation sites (tertiary alicyclic amines) is 1. The first-order valence-corrected chi connectivity index (χ1v) is 8.82. The number of hydrogen-bond donors (Lipinski definition) is 0. The lowest BCUT2D eigenvalue weighted by molar-refractivity contribution is 0.0306. The number of oxime groups is 1. The summed E-state index contributed by atoms with van der Waals surface area (Å²) in [4.78, 5) is 8.01. The second-order valence-corrected chi connectivity index (χ2v) is 6.81. The minimum atomic E-state index is 0.252. The van der Waals surface area contributed by atoms with Gasteiger partial charge in [-0.15, -0.1) is 0 Å². The molecule has 2 heterocycles. The van der Waals surface area contributed by atoms with Gasteiger partial charge in [0.2, 0.25) is 0 Å². The summed E-state index contributed by atoms with van der Waals surface area (Å²) in [5.41, 5.74) is 3.81. The second-order valence-electron chi connectivity index (χ2n) is 6.81. The summed E-state index contributed by atoms with van der Waals surface area (Å²) < 4.78 is 6.16. The fourth-order valence-electron chi connectivity index (χ4n) is 3.27. The number of hydrogen-bond acceptors (Lipinski definition) is 4. The molecule has 1 aromatic rings. The number of benzene rings is 1. The summed E-state index contributed by atoms with van der Waals surface area (Å²) in [6.45, 7) is 9.56. The van der Waals surface area contributed by atoms with Gasteiger partial charge in [0.25, 0.3) is 0 Å². The average molecular weight is 316 g/mol. The third-order valence-electron chi connectivity index (χ3n) is 4.98. The van der Waals surface area contributed by atoms with Crippen molar-refractivity contribution in [1.29, 1.82) is 0 Å². The third kappa shape index (κ3) is 4.25. The van der Waals surface area contributed by atoms with Crippen molar-refractivity contribution in [1.82, 2.24) is 4.90 Å². The molecule has 0 aliphatic carbocycles. The summed E-state index contributed by atoms with van der Waals surface area (Å²) in [6.07, 6.45) is 4.75. The molecule has 4 heteroatoms. The molecular formula is C19H28N2O2. The maximum absolute atomic E-state index is 6.16. The summed E-state index contributed by atoms with van der Waals surface area (Å²) in [5, 5.41) is 4.15. The van der Waals surface area contributed by atoms with Crippen LogP contribution in [0.15, 0.2) is 23.4 Å². The first kappa shape index (κ1) is 16.3. The zero-order chi connectivity index (χ0) is 16.2. The minimum absolute atomic E-state index is 0.252. The molecular weight excluding hydrogens is 288 g/mol. The molecule has 1 fully saturated rings. The van der Waals surface area contributed by atoms with Crippen molar-refractivity contribution < 1.29 is 9.57 Å². The molecule has 1 saturated heterocycles. The van der Waals surface area contributed by atoms with Gasteiger partial charge in [0.05, 0.1) is 5.71 Å². The van der Waals surface area contributed by atoms with Gasteiger partial charge in [-0.2, -0.15) is 0 Å². The van der Waals surface area contributed by atoms with E-state index in [0.29, 0.717) is 6.10 Å². The fourth-order valence-corrected chi connectivity index (χ4v) is 3.27. The Bertz CT molecular complexity index is 562. The van der Waals surface area contributed by atoms with Gasteiger partial charge in [-0.1, -0.05) is 18.1 Å². The maximum atomic E-state index is 6.16. The number of rotatable bonds is 5. The molecule has 3 rings (SSSR count). The molecule has 0 spiro atoms.